The molecule has 0 aliphatic carbocycles. The first kappa shape index (κ1) is 14.9. The van der Waals surface area contributed by atoms with E-state index in [-0.39, 0.29) is 28.7 Å². The summed E-state index contributed by atoms with van der Waals surface area (Å²) < 4.78 is 0. The molecule has 0 heterocycles. The molecule has 0 bridgehead atoms. The Kier molecular flexibility index (Phi) is 4.82. The van der Waals surface area contributed by atoms with E-state index in [0.717, 1.165) is 11.0 Å². The summed E-state index contributed by atoms with van der Waals surface area (Å²) in [6, 6.07) is 3.75. The number of nitrogens with zero attached hydrogens (tertiary/aromatic N) is 2. The molecular formula is C11H12ClN3O4. The van der Waals surface area contributed by atoms with Crippen LogP contribution in [0.3, 0.4) is 0 Å². The van der Waals surface area contributed by atoms with Gasteiger partial charge in [-0.3, -0.25) is 19.7 Å². The van der Waals surface area contributed by atoms with Gasteiger partial charge in [0.15, 0.2) is 0 Å². The van der Waals surface area contributed by atoms with Gasteiger partial charge in [-0.25, -0.2) is 0 Å². The smallest absolute Gasteiger partial charge is 0.283 e. The Bertz CT molecular complexity index is 533. The van der Waals surface area contributed by atoms with Crippen molar-refractivity contribution in [1.29, 1.82) is 0 Å². The maximum atomic E-state index is 12.0. The van der Waals surface area contributed by atoms with Gasteiger partial charge in [0.25, 0.3) is 11.6 Å². The maximum absolute atomic E-state index is 12.0. The summed E-state index contributed by atoms with van der Waals surface area (Å²) in [5, 5.41) is 13.4. The summed E-state index contributed by atoms with van der Waals surface area (Å²) in [7, 11) is 2.82. The normalized spacial score (nSPS) is 9.84. The molecule has 1 aromatic carbocycles. The van der Waals surface area contributed by atoms with Crippen molar-refractivity contribution in [2.75, 3.05) is 20.6 Å². The van der Waals surface area contributed by atoms with Crippen LogP contribution in [0.5, 0.6) is 0 Å². The van der Waals surface area contributed by atoms with Gasteiger partial charge in [0.2, 0.25) is 5.91 Å². The lowest BCUT2D eigenvalue weighted by Crippen LogP contribution is -2.37. The predicted molar refractivity (Wildman–Crippen MR) is 69.1 cm³/mol. The summed E-state index contributed by atoms with van der Waals surface area (Å²) in [5.74, 6) is -0.987. The molecule has 0 aliphatic heterocycles. The number of benzene rings is 1. The van der Waals surface area contributed by atoms with Crippen molar-refractivity contribution in [1.82, 2.24) is 10.2 Å². The minimum absolute atomic E-state index is 0.110. The van der Waals surface area contributed by atoms with Crippen molar-refractivity contribution in [3.05, 3.63) is 38.9 Å². The van der Waals surface area contributed by atoms with Crippen molar-refractivity contribution >= 4 is 29.1 Å². The number of hydrogen-bond donors (Lipinski definition) is 1. The first-order chi connectivity index (χ1) is 8.86. The Morgan fingerprint density at radius 1 is 1.47 bits per heavy atom. The Balaban J connectivity index is 3.05. The van der Waals surface area contributed by atoms with Gasteiger partial charge in [0.05, 0.1) is 11.5 Å². The number of carbonyl (C=O) groups is 2. The second-order valence-corrected chi connectivity index (χ2v) is 4.19. The van der Waals surface area contributed by atoms with Gasteiger partial charge < -0.3 is 10.2 Å². The molecule has 0 saturated heterocycles. The Hall–Kier alpha value is -2.15. The minimum Gasteiger partial charge on any atom is -0.358 e. The zero-order chi connectivity index (χ0) is 14.6. The Labute approximate surface area is 114 Å². The zero-order valence-electron chi connectivity index (χ0n) is 10.3. The summed E-state index contributed by atoms with van der Waals surface area (Å²) in [6.07, 6.45) is 0. The fourth-order valence-corrected chi connectivity index (χ4v) is 1.57. The van der Waals surface area contributed by atoms with Crippen LogP contribution in [0.2, 0.25) is 5.02 Å². The summed E-state index contributed by atoms with van der Waals surface area (Å²) >= 11 is 5.66. The molecule has 0 unspecified atom stereocenters. The minimum atomic E-state index is -0.688. The van der Waals surface area contributed by atoms with E-state index in [2.05, 4.69) is 5.32 Å². The first-order valence-electron chi connectivity index (χ1n) is 5.26. The third-order valence-corrected chi connectivity index (χ3v) is 2.63. The molecule has 2 amide bonds. The van der Waals surface area contributed by atoms with Crippen LogP contribution in [0.15, 0.2) is 18.2 Å². The fraction of sp³-hybridized carbons (Fsp3) is 0.273. The number of carbonyl (C=O) groups excluding carboxylic acids is 2. The van der Waals surface area contributed by atoms with Crippen LogP contribution >= 0.6 is 11.6 Å². The molecule has 1 N–H and O–H groups in total. The maximum Gasteiger partial charge on any atom is 0.283 e. The number of nitro groups is 1. The van der Waals surface area contributed by atoms with Crippen LogP contribution in [-0.4, -0.2) is 42.3 Å². The van der Waals surface area contributed by atoms with E-state index in [9.17, 15) is 19.7 Å². The molecule has 1 aromatic rings. The first-order valence-corrected chi connectivity index (χ1v) is 5.64. The predicted octanol–water partition coefficient (Wildman–Crippen LogP) is 1.07. The molecule has 0 saturated carbocycles. The van der Waals surface area contributed by atoms with Gasteiger partial charge >= 0.3 is 0 Å². The topological polar surface area (TPSA) is 92.6 Å². The molecule has 19 heavy (non-hydrogen) atoms. The van der Waals surface area contributed by atoms with Crippen molar-refractivity contribution in [3.63, 3.8) is 0 Å². The molecule has 0 fully saturated rings. The van der Waals surface area contributed by atoms with Gasteiger partial charge in [0, 0.05) is 25.2 Å². The van der Waals surface area contributed by atoms with Crippen LogP contribution in [0.4, 0.5) is 5.69 Å². The number of rotatable bonds is 4. The Morgan fingerprint density at radius 2 is 2.11 bits per heavy atom. The molecule has 7 nitrogen and oxygen atoms in total. The fourth-order valence-electron chi connectivity index (χ4n) is 1.41. The van der Waals surface area contributed by atoms with Crippen LogP contribution in [0.25, 0.3) is 0 Å². The van der Waals surface area contributed by atoms with Gasteiger partial charge in [-0.05, 0) is 12.1 Å². The van der Waals surface area contributed by atoms with Gasteiger partial charge in [-0.2, -0.15) is 0 Å². The van der Waals surface area contributed by atoms with Gasteiger partial charge in [-0.1, -0.05) is 11.6 Å². The molecule has 8 heteroatoms. The highest BCUT2D eigenvalue weighted by atomic mass is 35.5. The van der Waals surface area contributed by atoms with Gasteiger partial charge in [-0.15, -0.1) is 0 Å². The number of nitro benzene ring substituents is 1. The third kappa shape index (κ3) is 3.65. The van der Waals surface area contributed by atoms with E-state index < -0.39 is 10.8 Å². The number of likely N-dealkylation sites (N-methyl/N-ethyl adjacent to an activating group) is 2. The monoisotopic (exact) mass is 285 g/mol. The number of nitrogens with one attached hydrogen (secondary N) is 1. The molecule has 0 atom stereocenters. The lowest BCUT2D eigenvalue weighted by molar-refractivity contribution is -0.385. The van der Waals surface area contributed by atoms with E-state index >= 15 is 0 Å². The van der Waals surface area contributed by atoms with Crippen LogP contribution in [0, 0.1) is 10.1 Å². The summed E-state index contributed by atoms with van der Waals surface area (Å²) in [4.78, 5) is 34.5. The number of halogens is 1. The lowest BCUT2D eigenvalue weighted by Gasteiger charge is -2.16. The lowest BCUT2D eigenvalue weighted by atomic mass is 10.1. The highest BCUT2D eigenvalue weighted by Crippen LogP contribution is 2.24. The van der Waals surface area contributed by atoms with Gasteiger partial charge in [0.1, 0.15) is 5.56 Å². The van der Waals surface area contributed by atoms with Crippen LogP contribution < -0.4 is 5.32 Å². The van der Waals surface area contributed by atoms with Crippen molar-refractivity contribution in [2.45, 2.75) is 0 Å². The summed E-state index contributed by atoms with van der Waals surface area (Å²) in [5.41, 5.74) is -0.498. The van der Waals surface area contributed by atoms with Crippen LogP contribution in [0.1, 0.15) is 10.4 Å². The molecule has 0 aliphatic rings. The SMILES string of the molecule is CNC(=O)CN(C)C(=O)c1ccc(Cl)cc1[N+](=O)[O-]. The number of hydrogen-bond acceptors (Lipinski definition) is 4. The summed E-state index contributed by atoms with van der Waals surface area (Å²) in [6.45, 7) is -0.185. The molecule has 0 radical (unpaired) electrons. The molecule has 102 valence electrons. The quantitative estimate of drug-likeness (QED) is 0.661. The highest BCUT2D eigenvalue weighted by molar-refractivity contribution is 6.31. The number of amides is 2. The van der Waals surface area contributed by atoms with E-state index in [1.807, 2.05) is 0 Å². The van der Waals surface area contributed by atoms with Crippen LogP contribution in [-0.2, 0) is 4.79 Å². The standard InChI is InChI=1S/C11H12ClN3O4/c1-13-10(16)6-14(2)11(17)8-4-3-7(12)5-9(8)15(18)19/h3-5H,6H2,1-2H3,(H,13,16). The largest absolute Gasteiger partial charge is 0.358 e. The van der Waals surface area contributed by atoms with E-state index in [4.69, 9.17) is 11.6 Å². The van der Waals surface area contributed by atoms with Crippen molar-refractivity contribution in [2.24, 2.45) is 0 Å². The van der Waals surface area contributed by atoms with Crippen molar-refractivity contribution < 1.29 is 14.5 Å². The third-order valence-electron chi connectivity index (χ3n) is 2.39. The molecule has 0 aromatic heterocycles. The second kappa shape index (κ2) is 6.14. The van der Waals surface area contributed by atoms with E-state index in [1.54, 1.807) is 0 Å². The molecule has 0 spiro atoms. The highest BCUT2D eigenvalue weighted by Gasteiger charge is 2.24. The van der Waals surface area contributed by atoms with Crippen molar-refractivity contribution in [3.8, 4) is 0 Å². The zero-order valence-corrected chi connectivity index (χ0v) is 11.1. The average Bonchev–Trinajstić information content (AvgIpc) is 2.37. The molecule has 1 rings (SSSR count). The average molecular weight is 286 g/mol. The Morgan fingerprint density at radius 3 is 2.63 bits per heavy atom. The molecular weight excluding hydrogens is 274 g/mol. The van der Waals surface area contributed by atoms with E-state index in [1.165, 1.54) is 26.2 Å². The van der Waals surface area contributed by atoms with E-state index in [0.29, 0.717) is 0 Å². The second-order valence-electron chi connectivity index (χ2n) is 3.75.